The average Bonchev–Trinajstić information content (AvgIpc) is 3.42. The van der Waals surface area contributed by atoms with Crippen molar-refractivity contribution in [2.75, 3.05) is 16.3 Å². The number of hydrogen-bond donors (Lipinski definition) is 0. The second-order valence-electron chi connectivity index (χ2n) is 8.59. The minimum absolute atomic E-state index is 0.1000. The standard InChI is InChI=1S/C26H23FN4O2S/c1-16-10-17(2)24-22(11-16)34-26(29-24)31(14-18-4-3-9-28-13-18)25(33)19-12-23(32)30(15-19)21-7-5-20(27)6-8-21/h3-11,13,19H,12,14-15H2,1-2H3. The predicted molar refractivity (Wildman–Crippen MR) is 131 cm³/mol. The number of aryl methyl sites for hydroxylation is 2. The van der Waals surface area contributed by atoms with Crippen LogP contribution in [-0.4, -0.2) is 28.3 Å². The van der Waals surface area contributed by atoms with Gasteiger partial charge < -0.3 is 4.90 Å². The molecule has 1 atom stereocenters. The van der Waals surface area contributed by atoms with Crippen LogP contribution in [0.5, 0.6) is 0 Å². The number of thiazole rings is 1. The molecule has 0 spiro atoms. The van der Waals surface area contributed by atoms with E-state index in [2.05, 4.69) is 17.1 Å². The lowest BCUT2D eigenvalue weighted by Gasteiger charge is -2.23. The third kappa shape index (κ3) is 4.28. The molecule has 1 saturated heterocycles. The molecule has 3 heterocycles. The fourth-order valence-corrected chi connectivity index (χ4v) is 5.50. The summed E-state index contributed by atoms with van der Waals surface area (Å²) in [7, 11) is 0. The van der Waals surface area contributed by atoms with Gasteiger partial charge in [-0.25, -0.2) is 9.37 Å². The van der Waals surface area contributed by atoms with E-state index in [0.29, 0.717) is 17.4 Å². The van der Waals surface area contributed by atoms with Crippen molar-refractivity contribution in [1.82, 2.24) is 9.97 Å². The topological polar surface area (TPSA) is 66.4 Å². The highest BCUT2D eigenvalue weighted by atomic mass is 32.1. The summed E-state index contributed by atoms with van der Waals surface area (Å²) in [6.07, 6.45) is 3.52. The van der Waals surface area contributed by atoms with Crippen LogP contribution in [0.2, 0.25) is 0 Å². The first-order chi connectivity index (χ1) is 16.4. The van der Waals surface area contributed by atoms with Crippen LogP contribution >= 0.6 is 11.3 Å². The van der Waals surface area contributed by atoms with Gasteiger partial charge in [0.15, 0.2) is 5.13 Å². The zero-order valence-electron chi connectivity index (χ0n) is 18.9. The lowest BCUT2D eigenvalue weighted by atomic mass is 10.1. The Morgan fingerprint density at radius 3 is 2.74 bits per heavy atom. The molecule has 2 amide bonds. The largest absolute Gasteiger partial charge is 0.312 e. The van der Waals surface area contributed by atoms with Crippen LogP contribution in [0.4, 0.5) is 15.2 Å². The summed E-state index contributed by atoms with van der Waals surface area (Å²) in [5.74, 6) is -1.20. The Morgan fingerprint density at radius 2 is 2.00 bits per heavy atom. The van der Waals surface area contributed by atoms with Crippen LogP contribution in [0.1, 0.15) is 23.1 Å². The Labute approximate surface area is 200 Å². The maximum absolute atomic E-state index is 13.8. The monoisotopic (exact) mass is 474 g/mol. The predicted octanol–water partition coefficient (Wildman–Crippen LogP) is 5.03. The number of carbonyl (C=O) groups excluding carboxylic acids is 2. The zero-order chi connectivity index (χ0) is 23.8. The number of anilines is 2. The van der Waals surface area contributed by atoms with Gasteiger partial charge in [-0.3, -0.25) is 19.5 Å². The van der Waals surface area contributed by atoms with Crippen molar-refractivity contribution in [1.29, 1.82) is 0 Å². The van der Waals surface area contributed by atoms with Gasteiger partial charge in [-0.15, -0.1) is 0 Å². The molecule has 8 heteroatoms. The van der Waals surface area contributed by atoms with E-state index in [-0.39, 0.29) is 30.6 Å². The molecule has 0 N–H and O–H groups in total. The van der Waals surface area contributed by atoms with Crippen LogP contribution in [-0.2, 0) is 16.1 Å². The third-order valence-electron chi connectivity index (χ3n) is 5.99. The number of carbonyl (C=O) groups is 2. The van der Waals surface area contributed by atoms with Crippen molar-refractivity contribution in [3.8, 4) is 0 Å². The van der Waals surface area contributed by atoms with E-state index in [1.165, 1.54) is 23.5 Å². The molecule has 2 aromatic heterocycles. The molecule has 1 unspecified atom stereocenters. The van der Waals surface area contributed by atoms with Gasteiger partial charge in [0, 0.05) is 31.0 Å². The van der Waals surface area contributed by atoms with Crippen LogP contribution in [0, 0.1) is 25.6 Å². The summed E-state index contributed by atoms with van der Waals surface area (Å²) in [5.41, 5.74) is 4.55. The molecule has 4 aromatic rings. The van der Waals surface area contributed by atoms with Gasteiger partial charge >= 0.3 is 0 Å². The van der Waals surface area contributed by atoms with Crippen LogP contribution in [0.25, 0.3) is 10.2 Å². The molecule has 0 aliphatic carbocycles. The average molecular weight is 475 g/mol. The molecular weight excluding hydrogens is 451 g/mol. The van der Waals surface area contributed by atoms with Gasteiger partial charge in [0.05, 0.1) is 22.7 Å². The van der Waals surface area contributed by atoms with Gasteiger partial charge in [-0.1, -0.05) is 23.5 Å². The number of amides is 2. The van der Waals surface area contributed by atoms with E-state index in [0.717, 1.165) is 26.9 Å². The van der Waals surface area contributed by atoms with Gasteiger partial charge in [-0.05, 0) is 66.9 Å². The van der Waals surface area contributed by atoms with E-state index in [4.69, 9.17) is 4.98 Å². The lowest BCUT2D eigenvalue weighted by molar-refractivity contribution is -0.124. The van der Waals surface area contributed by atoms with Crippen LogP contribution < -0.4 is 9.80 Å². The summed E-state index contributed by atoms with van der Waals surface area (Å²) in [4.78, 5) is 38.8. The van der Waals surface area contributed by atoms with E-state index in [1.54, 1.807) is 34.3 Å². The Bertz CT molecular complexity index is 1370. The maximum Gasteiger partial charge on any atom is 0.234 e. The number of rotatable bonds is 5. The van der Waals surface area contributed by atoms with Gasteiger partial charge in [0.25, 0.3) is 0 Å². The van der Waals surface area contributed by atoms with E-state index < -0.39 is 5.92 Å². The first kappa shape index (κ1) is 22.2. The summed E-state index contributed by atoms with van der Waals surface area (Å²) in [6.45, 7) is 4.61. The first-order valence-corrected chi connectivity index (χ1v) is 11.8. The quantitative estimate of drug-likeness (QED) is 0.407. The molecule has 0 bridgehead atoms. The smallest absolute Gasteiger partial charge is 0.234 e. The molecule has 0 saturated carbocycles. The molecule has 34 heavy (non-hydrogen) atoms. The Kier molecular flexibility index (Phi) is 5.83. The number of aromatic nitrogens is 2. The van der Waals surface area contributed by atoms with E-state index in [1.807, 2.05) is 26.0 Å². The Hall–Kier alpha value is -3.65. The molecule has 0 radical (unpaired) electrons. The van der Waals surface area contributed by atoms with Crippen molar-refractivity contribution in [3.63, 3.8) is 0 Å². The Balaban J connectivity index is 1.48. The van der Waals surface area contributed by atoms with Crippen molar-refractivity contribution in [3.05, 3.63) is 83.4 Å². The maximum atomic E-state index is 13.8. The summed E-state index contributed by atoms with van der Waals surface area (Å²) in [6, 6.07) is 13.7. The highest BCUT2D eigenvalue weighted by Gasteiger charge is 2.38. The zero-order valence-corrected chi connectivity index (χ0v) is 19.7. The minimum atomic E-state index is -0.524. The number of nitrogens with zero attached hydrogens (tertiary/aromatic N) is 4. The van der Waals surface area contributed by atoms with Gasteiger partial charge in [0.1, 0.15) is 5.82 Å². The fourth-order valence-electron chi connectivity index (χ4n) is 4.35. The lowest BCUT2D eigenvalue weighted by Crippen LogP contribution is -2.37. The van der Waals surface area contributed by atoms with Crippen molar-refractivity contribution in [2.24, 2.45) is 5.92 Å². The SMILES string of the molecule is Cc1cc(C)c2nc(N(Cc3cccnc3)C(=O)C3CC(=O)N(c4ccc(F)cc4)C3)sc2c1. The molecule has 5 rings (SSSR count). The van der Waals surface area contributed by atoms with Gasteiger partial charge in [-0.2, -0.15) is 0 Å². The van der Waals surface area contributed by atoms with Crippen LogP contribution in [0.3, 0.4) is 0 Å². The molecular formula is C26H23FN4O2S. The fraction of sp³-hybridized carbons (Fsp3) is 0.231. The van der Waals surface area contributed by atoms with Gasteiger partial charge in [0.2, 0.25) is 11.8 Å². The number of benzene rings is 2. The number of fused-ring (bicyclic) bond motifs is 1. The van der Waals surface area contributed by atoms with Crippen molar-refractivity contribution in [2.45, 2.75) is 26.8 Å². The van der Waals surface area contributed by atoms with E-state index in [9.17, 15) is 14.0 Å². The molecule has 172 valence electrons. The van der Waals surface area contributed by atoms with Crippen molar-refractivity contribution >= 4 is 44.2 Å². The summed E-state index contributed by atoms with van der Waals surface area (Å²) >= 11 is 1.47. The molecule has 1 aliphatic rings. The second kappa shape index (κ2) is 8.95. The third-order valence-corrected chi connectivity index (χ3v) is 7.02. The first-order valence-electron chi connectivity index (χ1n) is 11.0. The minimum Gasteiger partial charge on any atom is -0.312 e. The summed E-state index contributed by atoms with van der Waals surface area (Å²) in [5, 5.41) is 0.602. The number of halogens is 1. The molecule has 1 fully saturated rings. The number of hydrogen-bond acceptors (Lipinski definition) is 5. The second-order valence-corrected chi connectivity index (χ2v) is 9.60. The molecule has 1 aliphatic heterocycles. The number of pyridine rings is 1. The Morgan fingerprint density at radius 1 is 1.21 bits per heavy atom. The molecule has 6 nitrogen and oxygen atoms in total. The van der Waals surface area contributed by atoms with Crippen LogP contribution in [0.15, 0.2) is 60.9 Å². The van der Waals surface area contributed by atoms with E-state index >= 15 is 0 Å². The highest BCUT2D eigenvalue weighted by molar-refractivity contribution is 7.22. The molecule has 2 aromatic carbocycles. The normalized spacial score (nSPS) is 15.8. The van der Waals surface area contributed by atoms with Crippen molar-refractivity contribution < 1.29 is 14.0 Å². The summed E-state index contributed by atoms with van der Waals surface area (Å²) < 4.78 is 14.4. The highest BCUT2D eigenvalue weighted by Crippen LogP contribution is 2.35.